The van der Waals surface area contributed by atoms with Crippen molar-refractivity contribution in [3.8, 4) is 0 Å². The Bertz CT molecular complexity index is 559. The summed E-state index contributed by atoms with van der Waals surface area (Å²) in [5.41, 5.74) is -0.107. The van der Waals surface area contributed by atoms with Crippen LogP contribution in [0.4, 0.5) is 10.1 Å². The molecule has 1 aromatic rings. The van der Waals surface area contributed by atoms with Crippen molar-refractivity contribution in [3.05, 3.63) is 30.1 Å². The summed E-state index contributed by atoms with van der Waals surface area (Å²) < 4.78 is 39.1. The Kier molecular flexibility index (Phi) is 5.94. The lowest BCUT2D eigenvalue weighted by atomic mass is 10.3. The summed E-state index contributed by atoms with van der Waals surface area (Å²) in [7, 11) is -3.73. The molecule has 0 saturated heterocycles. The Hall–Kier alpha value is -1.63. The second-order valence-corrected chi connectivity index (χ2v) is 6.35. The Labute approximate surface area is 118 Å². The zero-order valence-corrected chi connectivity index (χ0v) is 12.1. The molecule has 1 rings (SSSR count). The molecule has 0 heterocycles. The van der Waals surface area contributed by atoms with Gasteiger partial charge in [0.15, 0.2) is 0 Å². The molecular weight excluding hydrogens is 285 g/mol. The van der Waals surface area contributed by atoms with E-state index in [4.69, 9.17) is 5.11 Å². The average molecular weight is 303 g/mol. The lowest BCUT2D eigenvalue weighted by molar-refractivity contribution is -0.136. The van der Waals surface area contributed by atoms with Gasteiger partial charge in [0, 0.05) is 6.54 Å². The third kappa shape index (κ3) is 4.48. The molecule has 5 nitrogen and oxygen atoms in total. The van der Waals surface area contributed by atoms with Gasteiger partial charge in [-0.3, -0.25) is 9.10 Å². The maximum Gasteiger partial charge on any atom is 0.305 e. The quantitative estimate of drug-likeness (QED) is 0.799. The van der Waals surface area contributed by atoms with Crippen LogP contribution in [0.1, 0.15) is 26.2 Å². The number of sulfonamides is 1. The first-order valence-corrected chi connectivity index (χ1v) is 7.96. The third-order valence-electron chi connectivity index (χ3n) is 2.74. The van der Waals surface area contributed by atoms with E-state index in [1.165, 1.54) is 18.2 Å². The van der Waals surface area contributed by atoms with Crippen molar-refractivity contribution in [3.63, 3.8) is 0 Å². The molecule has 0 aliphatic rings. The number of benzene rings is 1. The largest absolute Gasteiger partial charge is 0.481 e. The van der Waals surface area contributed by atoms with Crippen LogP contribution >= 0.6 is 0 Å². The SMILES string of the molecule is CCCCS(=O)(=O)N(CCC(=O)O)c1ccccc1F. The van der Waals surface area contributed by atoms with Crippen LogP contribution in [0, 0.1) is 5.82 Å². The van der Waals surface area contributed by atoms with Crippen LogP contribution in [-0.4, -0.2) is 31.8 Å². The van der Waals surface area contributed by atoms with Crippen molar-refractivity contribution < 1.29 is 22.7 Å². The minimum atomic E-state index is -3.73. The van der Waals surface area contributed by atoms with E-state index in [0.717, 1.165) is 10.4 Å². The van der Waals surface area contributed by atoms with E-state index in [1.54, 1.807) is 0 Å². The zero-order valence-electron chi connectivity index (χ0n) is 11.3. The molecule has 0 aromatic heterocycles. The van der Waals surface area contributed by atoms with Crippen molar-refractivity contribution >= 4 is 21.7 Å². The standard InChI is InChI=1S/C13H18FNO4S/c1-2-3-10-20(18,19)15(9-8-13(16)17)12-7-5-4-6-11(12)14/h4-7H,2-3,8-10H2,1H3,(H,16,17). The maximum absolute atomic E-state index is 13.8. The van der Waals surface area contributed by atoms with Crippen LogP contribution < -0.4 is 4.31 Å². The summed E-state index contributed by atoms with van der Waals surface area (Å²) in [6.07, 6.45) is 0.753. The number of hydrogen-bond acceptors (Lipinski definition) is 3. The van der Waals surface area contributed by atoms with Crippen molar-refractivity contribution in [2.45, 2.75) is 26.2 Å². The highest BCUT2D eigenvalue weighted by molar-refractivity contribution is 7.92. The van der Waals surface area contributed by atoms with E-state index in [9.17, 15) is 17.6 Å². The van der Waals surface area contributed by atoms with E-state index in [1.807, 2.05) is 6.92 Å². The Balaban J connectivity index is 3.08. The van der Waals surface area contributed by atoms with Gasteiger partial charge in [0.25, 0.3) is 0 Å². The minimum absolute atomic E-state index is 0.107. The second-order valence-electron chi connectivity index (χ2n) is 4.34. The fourth-order valence-electron chi connectivity index (χ4n) is 1.70. The topological polar surface area (TPSA) is 74.7 Å². The molecule has 1 aromatic carbocycles. The van der Waals surface area contributed by atoms with Gasteiger partial charge in [-0.1, -0.05) is 25.5 Å². The molecule has 0 saturated carbocycles. The minimum Gasteiger partial charge on any atom is -0.481 e. The molecule has 0 amide bonds. The predicted octanol–water partition coefficient (Wildman–Crippen LogP) is 2.24. The van der Waals surface area contributed by atoms with Gasteiger partial charge in [-0.25, -0.2) is 12.8 Å². The number of carbonyl (C=O) groups is 1. The van der Waals surface area contributed by atoms with Crippen molar-refractivity contribution in [2.75, 3.05) is 16.6 Å². The Morgan fingerprint density at radius 2 is 2.00 bits per heavy atom. The Morgan fingerprint density at radius 1 is 1.35 bits per heavy atom. The second kappa shape index (κ2) is 7.23. The molecule has 0 radical (unpaired) electrons. The molecule has 0 aliphatic carbocycles. The highest BCUT2D eigenvalue weighted by Gasteiger charge is 2.24. The highest BCUT2D eigenvalue weighted by Crippen LogP contribution is 2.23. The first-order valence-electron chi connectivity index (χ1n) is 6.35. The lowest BCUT2D eigenvalue weighted by Crippen LogP contribution is -2.35. The summed E-state index contributed by atoms with van der Waals surface area (Å²) in [5.74, 6) is -1.94. The maximum atomic E-state index is 13.8. The normalized spacial score (nSPS) is 11.3. The number of para-hydroxylation sites is 1. The van der Waals surface area contributed by atoms with Crippen molar-refractivity contribution in [2.24, 2.45) is 0 Å². The molecule has 7 heteroatoms. The van der Waals surface area contributed by atoms with Crippen LogP contribution in [0.15, 0.2) is 24.3 Å². The highest BCUT2D eigenvalue weighted by atomic mass is 32.2. The first-order chi connectivity index (χ1) is 9.38. The van der Waals surface area contributed by atoms with E-state index in [2.05, 4.69) is 0 Å². The van der Waals surface area contributed by atoms with E-state index in [0.29, 0.717) is 12.8 Å². The summed E-state index contributed by atoms with van der Waals surface area (Å²) in [6, 6.07) is 5.45. The number of hydrogen-bond donors (Lipinski definition) is 1. The molecule has 1 N–H and O–H groups in total. The van der Waals surface area contributed by atoms with Gasteiger partial charge in [-0.2, -0.15) is 0 Å². The smallest absolute Gasteiger partial charge is 0.305 e. The fourth-order valence-corrected chi connectivity index (χ4v) is 3.39. The summed E-state index contributed by atoms with van der Waals surface area (Å²) in [5, 5.41) is 8.71. The van der Waals surface area contributed by atoms with Gasteiger partial charge in [-0.05, 0) is 18.6 Å². The van der Waals surface area contributed by atoms with Crippen molar-refractivity contribution in [1.29, 1.82) is 0 Å². The predicted molar refractivity (Wildman–Crippen MR) is 74.7 cm³/mol. The van der Waals surface area contributed by atoms with Gasteiger partial charge >= 0.3 is 5.97 Å². The molecule has 0 unspecified atom stereocenters. The molecule has 112 valence electrons. The third-order valence-corrected chi connectivity index (χ3v) is 4.60. The van der Waals surface area contributed by atoms with Crippen LogP contribution in [0.3, 0.4) is 0 Å². The number of anilines is 1. The molecular formula is C13H18FNO4S. The number of carboxylic acid groups (broad SMARTS) is 1. The van der Waals surface area contributed by atoms with Crippen LogP contribution in [0.2, 0.25) is 0 Å². The van der Waals surface area contributed by atoms with Gasteiger partial charge in [0.2, 0.25) is 10.0 Å². The molecule has 0 aliphatic heterocycles. The summed E-state index contributed by atoms with van der Waals surface area (Å²) in [4.78, 5) is 10.6. The monoisotopic (exact) mass is 303 g/mol. The number of aliphatic carboxylic acids is 1. The van der Waals surface area contributed by atoms with Gasteiger partial charge < -0.3 is 5.11 Å². The van der Waals surface area contributed by atoms with E-state index >= 15 is 0 Å². The lowest BCUT2D eigenvalue weighted by Gasteiger charge is -2.24. The molecule has 20 heavy (non-hydrogen) atoms. The fraction of sp³-hybridized carbons (Fsp3) is 0.462. The average Bonchev–Trinajstić information content (AvgIpc) is 2.38. The van der Waals surface area contributed by atoms with Gasteiger partial charge in [0.05, 0.1) is 17.9 Å². The molecule has 0 atom stereocenters. The van der Waals surface area contributed by atoms with Gasteiger partial charge in [0.1, 0.15) is 5.82 Å². The number of carboxylic acids is 1. The number of unbranched alkanes of at least 4 members (excludes halogenated alkanes) is 1. The van der Waals surface area contributed by atoms with Gasteiger partial charge in [-0.15, -0.1) is 0 Å². The zero-order chi connectivity index (χ0) is 15.2. The molecule has 0 bridgehead atoms. The van der Waals surface area contributed by atoms with E-state index in [-0.39, 0.29) is 24.4 Å². The number of halogens is 1. The summed E-state index contributed by atoms with van der Waals surface area (Å²) in [6.45, 7) is 1.57. The number of rotatable bonds is 8. The van der Waals surface area contributed by atoms with Crippen LogP contribution in [-0.2, 0) is 14.8 Å². The number of nitrogens with zero attached hydrogens (tertiary/aromatic N) is 1. The molecule has 0 fully saturated rings. The molecule has 0 spiro atoms. The Morgan fingerprint density at radius 3 is 2.55 bits per heavy atom. The van der Waals surface area contributed by atoms with Crippen molar-refractivity contribution in [1.82, 2.24) is 0 Å². The van der Waals surface area contributed by atoms with Crippen LogP contribution in [0.25, 0.3) is 0 Å². The first kappa shape index (κ1) is 16.4. The summed E-state index contributed by atoms with van der Waals surface area (Å²) >= 11 is 0. The van der Waals surface area contributed by atoms with E-state index < -0.39 is 21.8 Å². The van der Waals surface area contributed by atoms with Crippen LogP contribution in [0.5, 0.6) is 0 Å².